The second-order valence-electron chi connectivity index (χ2n) is 8.14. The summed E-state index contributed by atoms with van der Waals surface area (Å²) >= 11 is 1.40. The number of carboxylic acid groups (broad SMARTS) is 1. The number of hydrogen-bond donors (Lipinski definition) is 3. The van der Waals surface area contributed by atoms with Crippen molar-refractivity contribution in [1.29, 1.82) is 5.26 Å². The van der Waals surface area contributed by atoms with E-state index in [0.29, 0.717) is 16.5 Å². The van der Waals surface area contributed by atoms with Crippen molar-refractivity contribution in [1.82, 2.24) is 0 Å². The zero-order chi connectivity index (χ0) is 24.5. The number of rotatable bonds is 6. The number of nitrogens with zero attached hydrogens (tertiary/aromatic N) is 1. The van der Waals surface area contributed by atoms with Crippen LogP contribution in [0.4, 0.5) is 10.7 Å². The predicted molar refractivity (Wildman–Crippen MR) is 129 cm³/mol. The Kier molecular flexibility index (Phi) is 6.41. The first-order chi connectivity index (χ1) is 16.2. The maximum atomic E-state index is 12.9. The Morgan fingerprint density at radius 3 is 2.62 bits per heavy atom. The van der Waals surface area contributed by atoms with Gasteiger partial charge in [0.15, 0.2) is 0 Å². The van der Waals surface area contributed by atoms with Crippen LogP contribution in [0.5, 0.6) is 0 Å². The van der Waals surface area contributed by atoms with Gasteiger partial charge in [-0.2, -0.15) is 5.26 Å². The number of carbonyl (C=O) groups is 2. The lowest BCUT2D eigenvalue weighted by atomic mass is 9.88. The number of aromatic carboxylic acids is 1. The molecule has 0 radical (unpaired) electrons. The van der Waals surface area contributed by atoms with Crippen LogP contribution in [0.15, 0.2) is 53.4 Å². The van der Waals surface area contributed by atoms with Crippen molar-refractivity contribution >= 4 is 43.9 Å². The zero-order valence-corrected chi connectivity index (χ0v) is 19.8. The van der Waals surface area contributed by atoms with E-state index in [4.69, 9.17) is 5.11 Å². The van der Waals surface area contributed by atoms with E-state index in [1.54, 1.807) is 0 Å². The van der Waals surface area contributed by atoms with E-state index in [0.717, 1.165) is 29.7 Å². The van der Waals surface area contributed by atoms with Gasteiger partial charge >= 0.3 is 5.97 Å². The Morgan fingerprint density at radius 2 is 1.88 bits per heavy atom. The lowest BCUT2D eigenvalue weighted by Gasteiger charge is -2.17. The minimum Gasteiger partial charge on any atom is -0.478 e. The number of benzene rings is 2. The third-order valence-electron chi connectivity index (χ3n) is 5.62. The molecule has 0 saturated carbocycles. The monoisotopic (exact) mass is 495 g/mol. The van der Waals surface area contributed by atoms with Gasteiger partial charge in [-0.05, 0) is 67.1 Å². The number of sulfonamides is 1. The van der Waals surface area contributed by atoms with Gasteiger partial charge in [0.25, 0.3) is 15.9 Å². The molecule has 3 N–H and O–H groups in total. The highest BCUT2D eigenvalue weighted by Gasteiger charge is 2.25. The van der Waals surface area contributed by atoms with E-state index >= 15 is 0 Å². The predicted octanol–water partition coefficient (Wildman–Crippen LogP) is 4.50. The third kappa shape index (κ3) is 4.81. The van der Waals surface area contributed by atoms with Crippen molar-refractivity contribution in [2.45, 2.75) is 31.1 Å². The Morgan fingerprint density at radius 1 is 1.15 bits per heavy atom. The molecule has 0 spiro atoms. The molecule has 4 rings (SSSR count). The summed E-state index contributed by atoms with van der Waals surface area (Å²) in [5.74, 6) is -1.18. The van der Waals surface area contributed by atoms with Gasteiger partial charge in [0, 0.05) is 16.1 Å². The van der Waals surface area contributed by atoms with E-state index < -0.39 is 21.9 Å². The van der Waals surface area contributed by atoms with Gasteiger partial charge in [-0.25, -0.2) is 13.2 Å². The minimum absolute atomic E-state index is 0.0605. The van der Waals surface area contributed by atoms with Crippen molar-refractivity contribution in [2.75, 3.05) is 10.0 Å². The molecule has 0 unspecified atom stereocenters. The first kappa shape index (κ1) is 23.5. The maximum Gasteiger partial charge on any atom is 0.335 e. The van der Waals surface area contributed by atoms with Crippen molar-refractivity contribution in [2.24, 2.45) is 5.92 Å². The standard InChI is InChI=1S/C24H21N3O5S2/c1-14-8-9-19-20(13-25)23(33-21(19)10-14)26-22(28)15-4-3-7-18(12-15)34(31,32)27-17-6-2-5-16(11-17)24(29)30/h2-7,11-12,14,27H,8-10H2,1H3,(H,26,28)(H,29,30)/t14-/m0/s1. The molecule has 174 valence electrons. The van der Waals surface area contributed by atoms with E-state index in [1.165, 1.54) is 59.9 Å². The first-order valence-corrected chi connectivity index (χ1v) is 12.8. The fraction of sp³-hybridized carbons (Fsp3) is 0.208. The van der Waals surface area contributed by atoms with Crippen LogP contribution >= 0.6 is 11.3 Å². The van der Waals surface area contributed by atoms with Gasteiger partial charge in [-0.3, -0.25) is 9.52 Å². The summed E-state index contributed by atoms with van der Waals surface area (Å²) in [4.78, 5) is 25.0. The molecule has 3 aromatic rings. The molecule has 0 bridgehead atoms. The van der Waals surface area contributed by atoms with Crippen molar-refractivity contribution in [3.05, 3.63) is 75.7 Å². The number of hydrogen-bond acceptors (Lipinski definition) is 6. The summed E-state index contributed by atoms with van der Waals surface area (Å²) in [6, 6.07) is 13.1. The van der Waals surface area contributed by atoms with Crippen LogP contribution < -0.4 is 10.0 Å². The summed E-state index contributed by atoms with van der Waals surface area (Å²) < 4.78 is 28.0. The van der Waals surface area contributed by atoms with Gasteiger partial charge in [0.05, 0.1) is 16.0 Å². The third-order valence-corrected chi connectivity index (χ3v) is 8.17. The molecule has 10 heteroatoms. The average molecular weight is 496 g/mol. The van der Waals surface area contributed by atoms with Crippen LogP contribution in [0.25, 0.3) is 0 Å². The van der Waals surface area contributed by atoms with Gasteiger partial charge in [0.1, 0.15) is 11.1 Å². The zero-order valence-electron chi connectivity index (χ0n) is 18.2. The largest absolute Gasteiger partial charge is 0.478 e. The second-order valence-corrected chi connectivity index (χ2v) is 10.9. The molecule has 0 saturated heterocycles. The van der Waals surface area contributed by atoms with Crippen LogP contribution in [0.2, 0.25) is 0 Å². The van der Waals surface area contributed by atoms with Gasteiger partial charge < -0.3 is 10.4 Å². The SMILES string of the molecule is C[C@H]1CCc2c(sc(NC(=O)c3cccc(S(=O)(=O)Nc4cccc(C(=O)O)c4)c3)c2C#N)C1. The highest BCUT2D eigenvalue weighted by molar-refractivity contribution is 7.92. The summed E-state index contributed by atoms with van der Waals surface area (Å²) in [7, 11) is -4.08. The van der Waals surface area contributed by atoms with Crippen LogP contribution in [-0.4, -0.2) is 25.4 Å². The molecule has 1 aromatic heterocycles. The first-order valence-electron chi connectivity index (χ1n) is 10.5. The molecule has 1 aliphatic rings. The fourth-order valence-electron chi connectivity index (χ4n) is 3.87. The second kappa shape index (κ2) is 9.29. The number of carbonyl (C=O) groups excluding carboxylic acids is 1. The smallest absolute Gasteiger partial charge is 0.335 e. The van der Waals surface area contributed by atoms with E-state index in [-0.39, 0.29) is 21.7 Å². The Bertz CT molecular complexity index is 1440. The molecule has 1 atom stereocenters. The van der Waals surface area contributed by atoms with Crippen LogP contribution in [0.1, 0.15) is 50.1 Å². The number of thiophene rings is 1. The number of nitriles is 1. The van der Waals surface area contributed by atoms with Gasteiger partial charge in [-0.15, -0.1) is 11.3 Å². The van der Waals surface area contributed by atoms with Crippen LogP contribution in [0, 0.1) is 17.2 Å². The lowest BCUT2D eigenvalue weighted by Crippen LogP contribution is -2.16. The van der Waals surface area contributed by atoms with Crippen molar-refractivity contribution < 1.29 is 23.1 Å². The summed E-state index contributed by atoms with van der Waals surface area (Å²) in [5, 5.41) is 22.0. The molecule has 1 heterocycles. The molecular weight excluding hydrogens is 474 g/mol. The average Bonchev–Trinajstić information content (AvgIpc) is 3.14. The summed E-state index contributed by atoms with van der Waals surface area (Å²) in [6.45, 7) is 2.16. The highest BCUT2D eigenvalue weighted by atomic mass is 32.2. The van der Waals surface area contributed by atoms with Crippen molar-refractivity contribution in [3.8, 4) is 6.07 Å². The summed E-state index contributed by atoms with van der Waals surface area (Å²) in [5.41, 5.74) is 1.61. The molecule has 0 fully saturated rings. The minimum atomic E-state index is -4.08. The summed E-state index contributed by atoms with van der Waals surface area (Å²) in [6.07, 6.45) is 2.66. The normalized spacial score (nSPS) is 15.1. The van der Waals surface area contributed by atoms with Crippen molar-refractivity contribution in [3.63, 3.8) is 0 Å². The topological polar surface area (TPSA) is 136 Å². The molecule has 0 aliphatic heterocycles. The van der Waals surface area contributed by atoms with Crippen LogP contribution in [0.3, 0.4) is 0 Å². The maximum absolute atomic E-state index is 12.9. The number of nitrogens with one attached hydrogen (secondary N) is 2. The molecule has 1 amide bonds. The van der Waals surface area contributed by atoms with E-state index in [9.17, 15) is 23.3 Å². The quantitative estimate of drug-likeness (QED) is 0.461. The van der Waals surface area contributed by atoms with Crippen LogP contribution in [-0.2, 0) is 22.9 Å². The fourth-order valence-corrected chi connectivity index (χ4v) is 6.32. The number of fused-ring (bicyclic) bond motifs is 1. The van der Waals surface area contributed by atoms with E-state index in [2.05, 4.69) is 23.0 Å². The van der Waals surface area contributed by atoms with E-state index in [1.807, 2.05) is 0 Å². The molecule has 2 aromatic carbocycles. The number of amides is 1. The molecule has 34 heavy (non-hydrogen) atoms. The Balaban J connectivity index is 1.57. The lowest BCUT2D eigenvalue weighted by molar-refractivity contribution is 0.0696. The Labute approximate surface area is 200 Å². The van der Waals surface area contributed by atoms with Gasteiger partial charge in [0.2, 0.25) is 0 Å². The Hall–Kier alpha value is -3.68. The molecular formula is C24H21N3O5S2. The van der Waals surface area contributed by atoms with Gasteiger partial charge in [-0.1, -0.05) is 19.1 Å². The molecule has 1 aliphatic carbocycles. The number of anilines is 2. The number of carboxylic acids is 1. The highest BCUT2D eigenvalue weighted by Crippen LogP contribution is 2.39. The molecule has 8 nitrogen and oxygen atoms in total.